The molecule has 1 aliphatic carbocycles. The van der Waals surface area contributed by atoms with Crippen molar-refractivity contribution in [3.05, 3.63) is 200 Å². The molecule has 0 saturated heterocycles. The van der Waals surface area contributed by atoms with Crippen molar-refractivity contribution < 1.29 is 25.8 Å². The second-order valence-corrected chi connectivity index (χ2v) is 15.0. The summed E-state index contributed by atoms with van der Waals surface area (Å²) < 4.78 is 8.85. The van der Waals surface area contributed by atoms with E-state index in [1.807, 2.05) is 30.5 Å². The minimum Gasteiger partial charge on any atom is -0.509 e. The molecule has 0 N–H and O–H groups in total. The number of fused-ring (bicyclic) bond motifs is 7. The summed E-state index contributed by atoms with van der Waals surface area (Å²) in [4.78, 5) is 9.49. The molecular formula is C51H35N4OPt-3. The van der Waals surface area contributed by atoms with Gasteiger partial charge in [0.25, 0.3) is 0 Å². The standard InChI is InChI=1S/C51H35N4O.Pt/c1-51(2)44-21-10-9-20-40(44)43-32-52-50(31-45(43)51)55-46-27-24-35(34-14-5-3-6-15-34)28-42(46)41-26-25-39(30-49(41)55)56-38-19-13-18-37(29-38)54-33-53(36-16-7-4-8-17-36)47-22-11-12-23-48(47)54;/h3-28,31-33H,1-2H3;/q-3;. The molecule has 2 aromatic heterocycles. The molecule has 3 heterocycles. The Balaban J connectivity index is 0.00000396. The number of hydrogen-bond donors (Lipinski definition) is 0. The van der Waals surface area contributed by atoms with Gasteiger partial charge in [-0.3, -0.25) is 0 Å². The van der Waals surface area contributed by atoms with Gasteiger partial charge in [-0.25, -0.2) is 4.98 Å². The zero-order valence-corrected chi connectivity index (χ0v) is 33.5. The van der Waals surface area contributed by atoms with Crippen molar-refractivity contribution in [2.75, 3.05) is 9.80 Å². The van der Waals surface area contributed by atoms with Gasteiger partial charge >= 0.3 is 0 Å². The number of ether oxygens (including phenoxy) is 1. The molecule has 0 spiro atoms. The summed E-state index contributed by atoms with van der Waals surface area (Å²) >= 11 is 0. The van der Waals surface area contributed by atoms with Crippen LogP contribution in [-0.4, -0.2) is 9.55 Å². The summed E-state index contributed by atoms with van der Waals surface area (Å²) in [7, 11) is 0. The fraction of sp³-hybridized carbons (Fsp3) is 0.0588. The van der Waals surface area contributed by atoms with Gasteiger partial charge in [0.05, 0.1) is 0 Å². The Bertz CT molecular complexity index is 2970. The van der Waals surface area contributed by atoms with Crippen molar-refractivity contribution in [1.82, 2.24) is 9.55 Å². The largest absolute Gasteiger partial charge is 0.509 e. The van der Waals surface area contributed by atoms with Crippen molar-refractivity contribution in [3.8, 4) is 39.6 Å². The predicted octanol–water partition coefficient (Wildman–Crippen LogP) is 13.0. The van der Waals surface area contributed by atoms with Gasteiger partial charge in [0, 0.05) is 72.3 Å². The van der Waals surface area contributed by atoms with Gasteiger partial charge in [0.1, 0.15) is 5.82 Å². The molecule has 9 aromatic rings. The molecule has 1 aliphatic heterocycles. The fourth-order valence-corrected chi connectivity index (χ4v) is 8.59. The third-order valence-electron chi connectivity index (χ3n) is 11.3. The average molecular weight is 915 g/mol. The summed E-state index contributed by atoms with van der Waals surface area (Å²) in [6, 6.07) is 64.4. The first kappa shape index (κ1) is 35.0. The number of anilines is 4. The van der Waals surface area contributed by atoms with Gasteiger partial charge in [-0.15, -0.1) is 48.1 Å². The molecule has 7 aromatic carbocycles. The van der Waals surface area contributed by atoms with Crippen molar-refractivity contribution in [2.45, 2.75) is 19.3 Å². The normalized spacial score (nSPS) is 13.6. The molecule has 278 valence electrons. The summed E-state index contributed by atoms with van der Waals surface area (Å²) in [5.74, 6) is 2.06. The molecule has 0 amide bonds. The Morgan fingerprint density at radius 2 is 1.30 bits per heavy atom. The third-order valence-corrected chi connectivity index (χ3v) is 11.3. The van der Waals surface area contributed by atoms with Crippen LogP contribution in [0.15, 0.2) is 170 Å². The zero-order valence-electron chi connectivity index (χ0n) is 31.3. The van der Waals surface area contributed by atoms with E-state index in [9.17, 15) is 0 Å². The molecule has 5 nitrogen and oxygen atoms in total. The minimum absolute atomic E-state index is 0. The van der Waals surface area contributed by atoms with Crippen LogP contribution in [0.4, 0.5) is 22.7 Å². The molecule has 0 fully saturated rings. The van der Waals surface area contributed by atoms with E-state index in [0.717, 1.165) is 55.9 Å². The average Bonchev–Trinajstić information content (AvgIpc) is 3.87. The van der Waals surface area contributed by atoms with Gasteiger partial charge in [-0.2, -0.15) is 12.1 Å². The Labute approximate surface area is 346 Å². The predicted molar refractivity (Wildman–Crippen MR) is 227 cm³/mol. The van der Waals surface area contributed by atoms with Crippen LogP contribution in [0.5, 0.6) is 11.5 Å². The van der Waals surface area contributed by atoms with Gasteiger partial charge < -0.3 is 19.1 Å². The van der Waals surface area contributed by atoms with E-state index < -0.39 is 0 Å². The second kappa shape index (κ2) is 13.7. The molecule has 57 heavy (non-hydrogen) atoms. The van der Waals surface area contributed by atoms with Crippen molar-refractivity contribution in [3.63, 3.8) is 0 Å². The summed E-state index contributed by atoms with van der Waals surface area (Å²) in [5, 5.41) is 2.21. The Kier molecular flexibility index (Phi) is 8.39. The van der Waals surface area contributed by atoms with Gasteiger partial charge in [0.15, 0.2) is 0 Å². The zero-order chi connectivity index (χ0) is 37.4. The first-order valence-electron chi connectivity index (χ1n) is 19.0. The van der Waals surface area contributed by atoms with Gasteiger partial charge in [-0.05, 0) is 69.6 Å². The molecule has 0 unspecified atom stereocenters. The maximum absolute atomic E-state index is 6.62. The molecule has 0 radical (unpaired) electrons. The molecule has 0 atom stereocenters. The van der Waals surface area contributed by atoms with Crippen molar-refractivity contribution >= 4 is 44.6 Å². The first-order valence-corrected chi connectivity index (χ1v) is 19.0. The van der Waals surface area contributed by atoms with E-state index in [2.05, 4.69) is 187 Å². The second-order valence-electron chi connectivity index (χ2n) is 15.0. The van der Waals surface area contributed by atoms with Crippen LogP contribution in [0.3, 0.4) is 0 Å². The van der Waals surface area contributed by atoms with Crippen LogP contribution >= 0.6 is 0 Å². The van der Waals surface area contributed by atoms with Crippen LogP contribution in [0, 0.1) is 18.8 Å². The topological polar surface area (TPSA) is 33.5 Å². The number of hydrogen-bond acceptors (Lipinski definition) is 4. The van der Waals surface area contributed by atoms with Gasteiger partial charge in [-0.1, -0.05) is 116 Å². The smallest absolute Gasteiger partial charge is 0.135 e. The number of benzene rings is 7. The van der Waals surface area contributed by atoms with Crippen LogP contribution in [0.2, 0.25) is 0 Å². The van der Waals surface area contributed by atoms with E-state index >= 15 is 0 Å². The fourth-order valence-electron chi connectivity index (χ4n) is 8.59. The van der Waals surface area contributed by atoms with E-state index in [1.54, 1.807) is 0 Å². The third kappa shape index (κ3) is 5.68. The number of nitrogens with zero attached hydrogens (tertiary/aromatic N) is 4. The Morgan fingerprint density at radius 1 is 0.579 bits per heavy atom. The molecule has 11 rings (SSSR count). The minimum atomic E-state index is -0.160. The summed E-state index contributed by atoms with van der Waals surface area (Å²) in [6.45, 7) is 6.72. The number of aromatic nitrogens is 2. The quantitative estimate of drug-likeness (QED) is 0.156. The molecule has 0 bridgehead atoms. The van der Waals surface area contributed by atoms with E-state index in [1.165, 1.54) is 27.8 Å². The molecule has 0 saturated carbocycles. The van der Waals surface area contributed by atoms with E-state index in [-0.39, 0.29) is 26.5 Å². The number of para-hydroxylation sites is 3. The maximum atomic E-state index is 6.62. The monoisotopic (exact) mass is 914 g/mol. The molecule has 6 heteroatoms. The van der Waals surface area contributed by atoms with E-state index in [4.69, 9.17) is 9.72 Å². The van der Waals surface area contributed by atoms with E-state index in [0.29, 0.717) is 11.5 Å². The van der Waals surface area contributed by atoms with Gasteiger partial charge in [0.2, 0.25) is 0 Å². The summed E-state index contributed by atoms with van der Waals surface area (Å²) in [5.41, 5.74) is 13.3. The van der Waals surface area contributed by atoms with Crippen LogP contribution < -0.4 is 14.5 Å². The Hall–Kier alpha value is -6.42. The molecule has 2 aliphatic rings. The Morgan fingerprint density at radius 3 is 2.12 bits per heavy atom. The van der Waals surface area contributed by atoms with Crippen LogP contribution in [0.1, 0.15) is 25.0 Å². The number of pyridine rings is 1. The van der Waals surface area contributed by atoms with Crippen LogP contribution in [0.25, 0.3) is 49.9 Å². The number of rotatable bonds is 6. The summed E-state index contributed by atoms with van der Waals surface area (Å²) in [6.07, 6.45) is 2.04. The maximum Gasteiger partial charge on any atom is 0.135 e. The van der Waals surface area contributed by atoms with Crippen LogP contribution in [-0.2, 0) is 26.5 Å². The van der Waals surface area contributed by atoms with Crippen molar-refractivity contribution in [2.24, 2.45) is 0 Å². The SMILES string of the molecule is CC1(C)c2ccccc2-c2cnc(-n3c4[c-]c(Oc5[c-]c(N6[CH-]N(c7ccccc7)c7ccccc76)ccc5)ccc4c4cc(-c5ccccc5)ccc43)cc21.[Pt]. The molecular weight excluding hydrogens is 880 g/mol. The first-order chi connectivity index (χ1) is 27.5. The van der Waals surface area contributed by atoms with Crippen molar-refractivity contribution in [1.29, 1.82) is 0 Å².